The van der Waals surface area contributed by atoms with Crippen LogP contribution in [0.2, 0.25) is 0 Å². The van der Waals surface area contributed by atoms with E-state index in [9.17, 15) is 0 Å². The third-order valence-electron chi connectivity index (χ3n) is 4.27. The van der Waals surface area contributed by atoms with Crippen LogP contribution in [-0.4, -0.2) is 85.4 Å². The number of thioether (sulfide) groups is 1. The van der Waals surface area contributed by atoms with Gasteiger partial charge in [0.05, 0.1) is 38.7 Å². The molecule has 0 bridgehead atoms. The van der Waals surface area contributed by atoms with Gasteiger partial charge in [-0.1, -0.05) is 11.8 Å². The number of nitrogens with zero attached hydrogens (tertiary/aromatic N) is 4. The molecule has 0 spiro atoms. The van der Waals surface area contributed by atoms with E-state index >= 15 is 0 Å². The van der Waals surface area contributed by atoms with E-state index in [0.29, 0.717) is 5.95 Å². The molecule has 0 atom stereocenters. The van der Waals surface area contributed by atoms with Crippen molar-refractivity contribution < 1.29 is 26.8 Å². The summed E-state index contributed by atoms with van der Waals surface area (Å²) in [6.07, 6.45) is 0. The number of aromatic nitrogens is 3. The number of halogens is 1. The highest BCUT2D eigenvalue weighted by Crippen LogP contribution is 2.20. The van der Waals surface area contributed by atoms with Crippen molar-refractivity contribution in [2.45, 2.75) is 31.5 Å². The molecule has 2 saturated heterocycles. The lowest BCUT2D eigenvalue weighted by atomic mass is 10.1. The van der Waals surface area contributed by atoms with Gasteiger partial charge in [0.2, 0.25) is 11.9 Å². The molecule has 0 aliphatic carbocycles. The Balaban J connectivity index is 0.00000261. The molecule has 10 heteroatoms. The lowest BCUT2D eigenvalue weighted by molar-refractivity contribution is -0.905. The molecule has 0 radical (unpaired) electrons. The molecule has 1 aromatic heterocycles. The zero-order valence-corrected chi connectivity index (χ0v) is 18.0. The third kappa shape index (κ3) is 7.57. The number of morpholine rings is 2. The average molecular weight is 419 g/mol. The lowest BCUT2D eigenvalue weighted by Crippen LogP contribution is -3.14. The summed E-state index contributed by atoms with van der Waals surface area (Å²) in [4.78, 5) is 17.8. The molecule has 2 aliphatic heterocycles. The maximum absolute atomic E-state index is 5.45. The number of hydrogen-bond donors (Lipinski definition) is 2. The zero-order chi connectivity index (χ0) is 18.4. The Kier molecular flexibility index (Phi) is 8.81. The molecule has 8 nitrogen and oxygen atoms in total. The van der Waals surface area contributed by atoms with Crippen LogP contribution in [-0.2, 0) is 9.47 Å². The van der Waals surface area contributed by atoms with Crippen LogP contribution in [0.15, 0.2) is 5.16 Å². The minimum absolute atomic E-state index is 0. The fraction of sp³-hybridized carbons (Fsp3) is 0.824. The Morgan fingerprint density at radius 1 is 1.04 bits per heavy atom. The molecule has 3 rings (SSSR count). The van der Waals surface area contributed by atoms with Crippen molar-refractivity contribution in [3.05, 3.63) is 0 Å². The van der Waals surface area contributed by atoms with Crippen LogP contribution in [0, 0.1) is 0 Å². The maximum Gasteiger partial charge on any atom is 0.231 e. The monoisotopic (exact) mass is 418 g/mol. The number of ether oxygens (including phenoxy) is 2. The minimum Gasteiger partial charge on any atom is -1.00 e. The molecular weight excluding hydrogens is 388 g/mol. The summed E-state index contributed by atoms with van der Waals surface area (Å²) in [7, 11) is 0. The van der Waals surface area contributed by atoms with Gasteiger partial charge in [0.15, 0.2) is 5.16 Å². The normalized spacial score (nSPS) is 18.9. The minimum atomic E-state index is -0.0937. The summed E-state index contributed by atoms with van der Waals surface area (Å²) in [6.45, 7) is 14.4. The lowest BCUT2D eigenvalue weighted by Gasteiger charge is -2.28. The van der Waals surface area contributed by atoms with Gasteiger partial charge in [0.25, 0.3) is 0 Å². The van der Waals surface area contributed by atoms with Crippen molar-refractivity contribution in [1.82, 2.24) is 15.0 Å². The van der Waals surface area contributed by atoms with Gasteiger partial charge in [-0.3, -0.25) is 0 Å². The Labute approximate surface area is 172 Å². The van der Waals surface area contributed by atoms with E-state index < -0.39 is 0 Å². The summed E-state index contributed by atoms with van der Waals surface area (Å²) in [5.41, 5.74) is -0.0937. The van der Waals surface area contributed by atoms with Gasteiger partial charge in [-0.2, -0.15) is 15.0 Å². The van der Waals surface area contributed by atoms with E-state index in [1.807, 2.05) is 0 Å². The summed E-state index contributed by atoms with van der Waals surface area (Å²) >= 11 is 1.71. The second-order valence-electron chi connectivity index (χ2n) is 7.68. The molecular formula is C17H31ClN6O2S. The van der Waals surface area contributed by atoms with E-state index in [4.69, 9.17) is 14.5 Å². The Morgan fingerprint density at radius 3 is 2.37 bits per heavy atom. The van der Waals surface area contributed by atoms with Crippen molar-refractivity contribution >= 4 is 23.7 Å². The highest BCUT2D eigenvalue weighted by molar-refractivity contribution is 7.99. The second kappa shape index (κ2) is 10.6. The SMILES string of the molecule is CC(C)(C)Nc1nc(SCC[NH+]2CCOCC2)nc(N2CCOCC2)n1.[Cl-]. The van der Waals surface area contributed by atoms with E-state index in [-0.39, 0.29) is 17.9 Å². The molecule has 1 aromatic rings. The van der Waals surface area contributed by atoms with Crippen molar-refractivity contribution in [1.29, 1.82) is 0 Å². The van der Waals surface area contributed by atoms with Crippen LogP contribution in [0.25, 0.3) is 0 Å². The molecule has 0 unspecified atom stereocenters. The van der Waals surface area contributed by atoms with Gasteiger partial charge in [-0.15, -0.1) is 0 Å². The van der Waals surface area contributed by atoms with Gasteiger partial charge in [0, 0.05) is 18.6 Å². The first kappa shape index (κ1) is 22.4. The quantitative estimate of drug-likeness (QED) is 0.471. The summed E-state index contributed by atoms with van der Waals surface area (Å²) < 4.78 is 10.9. The summed E-state index contributed by atoms with van der Waals surface area (Å²) in [6, 6.07) is 0. The first-order chi connectivity index (χ1) is 12.5. The van der Waals surface area contributed by atoms with Crippen molar-refractivity contribution in [3.8, 4) is 0 Å². The molecule has 2 aliphatic rings. The number of nitrogens with one attached hydrogen (secondary N) is 2. The van der Waals surface area contributed by atoms with Crippen LogP contribution < -0.4 is 27.5 Å². The van der Waals surface area contributed by atoms with Gasteiger partial charge < -0.3 is 37.0 Å². The van der Waals surface area contributed by atoms with Crippen LogP contribution in [0.5, 0.6) is 0 Å². The van der Waals surface area contributed by atoms with Gasteiger partial charge in [-0.25, -0.2) is 0 Å². The molecule has 3 heterocycles. The largest absolute Gasteiger partial charge is 1.00 e. The predicted molar refractivity (Wildman–Crippen MR) is 103 cm³/mol. The van der Waals surface area contributed by atoms with E-state index in [1.165, 1.54) is 0 Å². The summed E-state index contributed by atoms with van der Waals surface area (Å²) in [5.74, 6) is 2.39. The van der Waals surface area contributed by atoms with Crippen molar-refractivity contribution in [2.24, 2.45) is 0 Å². The molecule has 0 saturated carbocycles. The van der Waals surface area contributed by atoms with Crippen LogP contribution >= 0.6 is 11.8 Å². The molecule has 154 valence electrons. The number of anilines is 2. The first-order valence-corrected chi connectivity index (χ1v) is 10.4. The Bertz CT molecular complexity index is 577. The third-order valence-corrected chi connectivity index (χ3v) is 5.12. The zero-order valence-electron chi connectivity index (χ0n) is 16.5. The van der Waals surface area contributed by atoms with Gasteiger partial charge >= 0.3 is 0 Å². The average Bonchev–Trinajstić information content (AvgIpc) is 2.62. The van der Waals surface area contributed by atoms with E-state index in [0.717, 1.165) is 76.0 Å². The smallest absolute Gasteiger partial charge is 0.231 e. The fourth-order valence-corrected chi connectivity index (χ4v) is 3.77. The number of rotatable bonds is 6. The molecule has 2 fully saturated rings. The highest BCUT2D eigenvalue weighted by Gasteiger charge is 2.20. The summed E-state index contributed by atoms with van der Waals surface area (Å²) in [5, 5.41) is 4.18. The molecule has 2 N–H and O–H groups in total. The first-order valence-electron chi connectivity index (χ1n) is 9.41. The maximum atomic E-state index is 5.45. The predicted octanol–water partition coefficient (Wildman–Crippen LogP) is -3.07. The molecule has 0 aromatic carbocycles. The Morgan fingerprint density at radius 2 is 1.70 bits per heavy atom. The van der Waals surface area contributed by atoms with E-state index in [2.05, 4.69) is 41.0 Å². The van der Waals surface area contributed by atoms with Crippen molar-refractivity contribution in [3.63, 3.8) is 0 Å². The number of quaternary nitrogens is 1. The number of hydrogen-bond acceptors (Lipinski definition) is 8. The second-order valence-corrected chi connectivity index (χ2v) is 8.74. The highest BCUT2D eigenvalue weighted by atomic mass is 35.5. The van der Waals surface area contributed by atoms with Crippen LogP contribution in [0.4, 0.5) is 11.9 Å². The molecule has 0 amide bonds. The van der Waals surface area contributed by atoms with E-state index in [1.54, 1.807) is 16.7 Å². The topological polar surface area (TPSA) is 76.8 Å². The Hall–Kier alpha value is -0.870. The van der Waals surface area contributed by atoms with Crippen LogP contribution in [0.3, 0.4) is 0 Å². The fourth-order valence-electron chi connectivity index (χ4n) is 2.90. The van der Waals surface area contributed by atoms with Crippen molar-refractivity contribution in [2.75, 3.05) is 75.1 Å². The molecule has 27 heavy (non-hydrogen) atoms. The van der Waals surface area contributed by atoms with Crippen LogP contribution in [0.1, 0.15) is 20.8 Å². The van der Waals surface area contributed by atoms with Gasteiger partial charge in [-0.05, 0) is 20.8 Å². The standard InChI is InChI=1S/C17H30N6O2S.ClH/c1-17(2,3)21-14-18-15(23-6-11-25-12-7-23)20-16(19-14)26-13-8-22-4-9-24-10-5-22;/h4-13H2,1-3H3,(H,18,19,20,21);1H. The van der Waals surface area contributed by atoms with Gasteiger partial charge in [0.1, 0.15) is 13.1 Å².